The SMILES string of the molecule is COc1cccc(C(=O)N2CCC3(CCCCc4ccccc4OCCN(CC(C)C)C3)CC2)n1. The minimum absolute atomic E-state index is 0.0101. The van der Waals surface area contributed by atoms with Crippen LogP contribution < -0.4 is 9.47 Å². The van der Waals surface area contributed by atoms with Gasteiger partial charge in [0, 0.05) is 38.8 Å². The molecule has 1 aromatic heterocycles. The lowest BCUT2D eigenvalue weighted by Gasteiger charge is -2.45. The van der Waals surface area contributed by atoms with Crippen molar-refractivity contribution in [1.82, 2.24) is 14.8 Å². The number of benzene rings is 1. The Morgan fingerprint density at radius 1 is 1.06 bits per heavy atom. The van der Waals surface area contributed by atoms with E-state index in [0.29, 0.717) is 24.1 Å². The highest BCUT2D eigenvalue weighted by Crippen LogP contribution is 2.39. The fourth-order valence-electron chi connectivity index (χ4n) is 5.66. The molecule has 0 N–H and O–H groups in total. The van der Waals surface area contributed by atoms with Crippen molar-refractivity contribution in [2.75, 3.05) is 46.4 Å². The third-order valence-corrected chi connectivity index (χ3v) is 7.49. The number of hydrogen-bond donors (Lipinski definition) is 0. The summed E-state index contributed by atoms with van der Waals surface area (Å²) in [5.41, 5.74) is 2.03. The number of ether oxygens (including phenoxy) is 2. The molecule has 0 aliphatic carbocycles. The van der Waals surface area contributed by atoms with Crippen LogP contribution in [0, 0.1) is 11.3 Å². The normalized spacial score (nSPS) is 19.4. The summed E-state index contributed by atoms with van der Waals surface area (Å²) >= 11 is 0. The van der Waals surface area contributed by atoms with Gasteiger partial charge >= 0.3 is 0 Å². The maximum atomic E-state index is 13.2. The van der Waals surface area contributed by atoms with E-state index >= 15 is 0 Å². The van der Waals surface area contributed by atoms with E-state index < -0.39 is 0 Å². The molecule has 35 heavy (non-hydrogen) atoms. The van der Waals surface area contributed by atoms with Crippen molar-refractivity contribution < 1.29 is 14.3 Å². The van der Waals surface area contributed by atoms with Crippen molar-refractivity contribution in [1.29, 1.82) is 0 Å². The summed E-state index contributed by atoms with van der Waals surface area (Å²) in [7, 11) is 1.58. The number of methoxy groups -OCH3 is 1. The molecule has 1 fully saturated rings. The number of pyridine rings is 1. The van der Waals surface area contributed by atoms with Crippen LogP contribution in [-0.2, 0) is 6.42 Å². The van der Waals surface area contributed by atoms with E-state index in [2.05, 4.69) is 48.0 Å². The number of rotatable bonds is 4. The monoisotopic (exact) mass is 479 g/mol. The van der Waals surface area contributed by atoms with Crippen molar-refractivity contribution in [3.8, 4) is 11.6 Å². The van der Waals surface area contributed by atoms with Gasteiger partial charge in [-0.3, -0.25) is 9.69 Å². The molecule has 1 amide bonds. The van der Waals surface area contributed by atoms with Crippen LogP contribution >= 0.6 is 0 Å². The highest BCUT2D eigenvalue weighted by atomic mass is 16.5. The predicted octanol–water partition coefficient (Wildman–Crippen LogP) is 5.08. The summed E-state index contributed by atoms with van der Waals surface area (Å²) in [6.45, 7) is 9.96. The lowest BCUT2D eigenvalue weighted by molar-refractivity contribution is 0.0351. The summed E-state index contributed by atoms with van der Waals surface area (Å²) in [5.74, 6) is 2.14. The number of piperidine rings is 1. The van der Waals surface area contributed by atoms with Crippen molar-refractivity contribution in [2.45, 2.75) is 52.4 Å². The van der Waals surface area contributed by atoms with Gasteiger partial charge in [0.05, 0.1) is 7.11 Å². The Bertz CT molecular complexity index is 969. The molecule has 0 unspecified atom stereocenters. The van der Waals surface area contributed by atoms with Crippen LogP contribution in [0.2, 0.25) is 0 Å². The summed E-state index contributed by atoms with van der Waals surface area (Å²) < 4.78 is 11.5. The van der Waals surface area contributed by atoms with Crippen molar-refractivity contribution in [3.63, 3.8) is 0 Å². The van der Waals surface area contributed by atoms with Gasteiger partial charge in [-0.05, 0) is 61.1 Å². The van der Waals surface area contributed by atoms with E-state index in [-0.39, 0.29) is 11.3 Å². The molecule has 2 aliphatic heterocycles. The number of aryl methyl sites for hydroxylation is 1. The molecular weight excluding hydrogens is 438 g/mol. The number of hydrogen-bond acceptors (Lipinski definition) is 5. The number of carbonyl (C=O) groups excluding carboxylic acids is 1. The lowest BCUT2D eigenvalue weighted by atomic mass is 9.73. The Labute approximate surface area is 210 Å². The molecule has 4 rings (SSSR count). The number of carbonyl (C=O) groups is 1. The fourth-order valence-corrected chi connectivity index (χ4v) is 5.66. The van der Waals surface area contributed by atoms with E-state index in [1.54, 1.807) is 19.2 Å². The highest BCUT2D eigenvalue weighted by Gasteiger charge is 2.37. The van der Waals surface area contributed by atoms with Crippen molar-refractivity contribution >= 4 is 5.91 Å². The Kier molecular flexibility index (Phi) is 8.66. The number of nitrogens with zero attached hydrogens (tertiary/aromatic N) is 3. The Morgan fingerprint density at radius 3 is 2.63 bits per heavy atom. The van der Waals surface area contributed by atoms with Gasteiger partial charge in [-0.15, -0.1) is 0 Å². The van der Waals surface area contributed by atoms with Gasteiger partial charge < -0.3 is 14.4 Å². The molecular formula is C29H41N3O3. The molecule has 1 spiro atoms. The number of aromatic nitrogens is 1. The molecule has 6 nitrogen and oxygen atoms in total. The zero-order valence-corrected chi connectivity index (χ0v) is 21.7. The molecule has 1 saturated heterocycles. The average molecular weight is 480 g/mol. The van der Waals surface area contributed by atoms with Crippen LogP contribution in [0.5, 0.6) is 11.6 Å². The zero-order chi connectivity index (χ0) is 24.7. The third-order valence-electron chi connectivity index (χ3n) is 7.49. The largest absolute Gasteiger partial charge is 0.492 e. The van der Waals surface area contributed by atoms with Crippen molar-refractivity contribution in [3.05, 3.63) is 53.7 Å². The van der Waals surface area contributed by atoms with Crippen LogP contribution in [0.3, 0.4) is 0 Å². The molecule has 0 saturated carbocycles. The number of para-hydroxylation sites is 1. The summed E-state index contributed by atoms with van der Waals surface area (Å²) in [6, 6.07) is 13.9. The molecule has 6 heteroatoms. The molecule has 2 aromatic rings. The lowest BCUT2D eigenvalue weighted by Crippen LogP contribution is -2.49. The minimum Gasteiger partial charge on any atom is -0.492 e. The second-order valence-corrected chi connectivity index (χ2v) is 10.6. The summed E-state index contributed by atoms with van der Waals surface area (Å²) in [4.78, 5) is 22.1. The average Bonchev–Trinajstić information content (AvgIpc) is 2.86. The Hall–Kier alpha value is -2.60. The molecule has 0 bridgehead atoms. The second kappa shape index (κ2) is 11.9. The van der Waals surface area contributed by atoms with E-state index in [1.807, 2.05) is 11.0 Å². The first-order valence-corrected chi connectivity index (χ1v) is 13.2. The van der Waals surface area contributed by atoms with Gasteiger partial charge in [-0.1, -0.05) is 44.5 Å². The van der Waals surface area contributed by atoms with Gasteiger partial charge in [0.25, 0.3) is 5.91 Å². The fraction of sp³-hybridized carbons (Fsp3) is 0.586. The molecule has 0 atom stereocenters. The van der Waals surface area contributed by atoms with Crippen LogP contribution in [0.15, 0.2) is 42.5 Å². The highest BCUT2D eigenvalue weighted by molar-refractivity contribution is 5.92. The molecule has 190 valence electrons. The van der Waals surface area contributed by atoms with Gasteiger partial charge in [-0.2, -0.15) is 0 Å². The first-order chi connectivity index (χ1) is 17.0. The molecule has 3 heterocycles. The zero-order valence-electron chi connectivity index (χ0n) is 21.7. The van der Waals surface area contributed by atoms with E-state index in [4.69, 9.17) is 9.47 Å². The van der Waals surface area contributed by atoms with Gasteiger partial charge in [-0.25, -0.2) is 4.98 Å². The van der Waals surface area contributed by atoms with E-state index in [1.165, 1.54) is 24.8 Å². The van der Waals surface area contributed by atoms with Crippen LogP contribution in [0.25, 0.3) is 0 Å². The summed E-state index contributed by atoms with van der Waals surface area (Å²) in [5, 5.41) is 0. The Morgan fingerprint density at radius 2 is 1.86 bits per heavy atom. The molecule has 1 aromatic carbocycles. The second-order valence-electron chi connectivity index (χ2n) is 10.6. The standard InChI is InChI=1S/C29H41N3O3/c1-23(2)21-31-19-20-35-26-12-5-4-9-24(26)10-6-7-14-29(22-31)15-17-32(18-16-29)28(33)25-11-8-13-27(30-25)34-3/h4-5,8-9,11-13,23H,6-7,10,14-22H2,1-3H3. The van der Waals surface area contributed by atoms with Crippen LogP contribution in [0.1, 0.15) is 62.0 Å². The smallest absolute Gasteiger partial charge is 0.272 e. The van der Waals surface area contributed by atoms with Gasteiger partial charge in [0.15, 0.2) is 0 Å². The van der Waals surface area contributed by atoms with Gasteiger partial charge in [0.1, 0.15) is 18.1 Å². The number of likely N-dealkylation sites (tertiary alicyclic amines) is 1. The minimum atomic E-state index is 0.0101. The van der Waals surface area contributed by atoms with E-state index in [9.17, 15) is 4.79 Å². The topological polar surface area (TPSA) is 54.9 Å². The first kappa shape index (κ1) is 25.5. The van der Waals surface area contributed by atoms with Crippen LogP contribution in [-0.4, -0.2) is 67.1 Å². The predicted molar refractivity (Wildman–Crippen MR) is 139 cm³/mol. The maximum absolute atomic E-state index is 13.2. The first-order valence-electron chi connectivity index (χ1n) is 13.2. The Balaban J connectivity index is 1.46. The van der Waals surface area contributed by atoms with Gasteiger partial charge in [0.2, 0.25) is 5.88 Å². The molecule has 2 aliphatic rings. The van der Waals surface area contributed by atoms with Crippen LogP contribution in [0.4, 0.5) is 0 Å². The van der Waals surface area contributed by atoms with E-state index in [0.717, 1.165) is 57.7 Å². The maximum Gasteiger partial charge on any atom is 0.272 e. The quantitative estimate of drug-likeness (QED) is 0.612. The summed E-state index contributed by atoms with van der Waals surface area (Å²) in [6.07, 6.45) is 6.72. The number of fused-ring (bicyclic) bond motifs is 1. The third kappa shape index (κ3) is 6.75. The number of amides is 1. The van der Waals surface area contributed by atoms with Crippen molar-refractivity contribution in [2.24, 2.45) is 11.3 Å². The molecule has 0 radical (unpaired) electrons.